The Morgan fingerprint density at radius 3 is 2.47 bits per heavy atom. The van der Waals surface area contributed by atoms with E-state index in [-0.39, 0.29) is 24.6 Å². The molecule has 8 nitrogen and oxygen atoms in total. The molecule has 0 atom stereocenters. The molecular formula is C24H31NO7. The van der Waals surface area contributed by atoms with E-state index in [2.05, 4.69) is 5.32 Å². The molecule has 0 saturated carbocycles. The van der Waals surface area contributed by atoms with E-state index in [1.54, 1.807) is 18.2 Å². The van der Waals surface area contributed by atoms with Gasteiger partial charge in [0.15, 0.2) is 0 Å². The Hall–Kier alpha value is -3.10. The minimum Gasteiger partial charge on any atom is -0.491 e. The number of nitrogens with one attached hydrogen (secondary N) is 1. The van der Waals surface area contributed by atoms with Crippen LogP contribution in [0, 0.1) is 0 Å². The fourth-order valence-corrected chi connectivity index (χ4v) is 2.99. The van der Waals surface area contributed by atoms with Crippen LogP contribution in [0.4, 0.5) is 5.69 Å². The van der Waals surface area contributed by atoms with Gasteiger partial charge in [-0.3, -0.25) is 4.79 Å². The number of aromatic carboxylic acids is 1. The fourth-order valence-electron chi connectivity index (χ4n) is 2.99. The highest BCUT2D eigenvalue weighted by molar-refractivity contribution is 5.91. The van der Waals surface area contributed by atoms with E-state index in [9.17, 15) is 19.8 Å². The minimum atomic E-state index is -1.08. The first-order valence-electron chi connectivity index (χ1n) is 10.4. The molecule has 0 aliphatic rings. The Labute approximate surface area is 188 Å². The van der Waals surface area contributed by atoms with Crippen molar-refractivity contribution in [1.82, 2.24) is 0 Å². The molecule has 0 aromatic heterocycles. The van der Waals surface area contributed by atoms with Crippen molar-refractivity contribution in [3.05, 3.63) is 59.2 Å². The maximum absolute atomic E-state index is 12.0. The van der Waals surface area contributed by atoms with Gasteiger partial charge in [0.2, 0.25) is 0 Å². The van der Waals surface area contributed by atoms with Gasteiger partial charge in [0.1, 0.15) is 18.0 Å². The predicted molar refractivity (Wildman–Crippen MR) is 120 cm³/mol. The fraction of sp³-hybridized carbons (Fsp3) is 0.417. The smallest absolute Gasteiger partial charge is 0.336 e. The highest BCUT2D eigenvalue weighted by Crippen LogP contribution is 2.20. The lowest BCUT2D eigenvalue weighted by Gasteiger charge is -2.19. The van der Waals surface area contributed by atoms with Crippen molar-refractivity contribution in [2.45, 2.75) is 39.4 Å². The lowest BCUT2D eigenvalue weighted by molar-refractivity contribution is -0.153. The maximum Gasteiger partial charge on any atom is 0.336 e. The summed E-state index contributed by atoms with van der Waals surface area (Å²) >= 11 is 0. The lowest BCUT2D eigenvalue weighted by atomic mass is 10.1. The van der Waals surface area contributed by atoms with Crippen molar-refractivity contribution in [1.29, 1.82) is 0 Å². The van der Waals surface area contributed by atoms with E-state index in [0.717, 1.165) is 5.56 Å². The molecule has 8 heteroatoms. The van der Waals surface area contributed by atoms with Gasteiger partial charge < -0.3 is 29.7 Å². The number of anilines is 1. The van der Waals surface area contributed by atoms with E-state index >= 15 is 0 Å². The molecule has 0 saturated heterocycles. The Morgan fingerprint density at radius 1 is 1.03 bits per heavy atom. The van der Waals surface area contributed by atoms with Crippen LogP contribution in [0.3, 0.4) is 0 Å². The number of carboxylic acid groups (broad SMARTS) is 1. The van der Waals surface area contributed by atoms with Crippen LogP contribution in [0.25, 0.3) is 0 Å². The third-order valence-corrected chi connectivity index (χ3v) is 4.29. The molecule has 32 heavy (non-hydrogen) atoms. The van der Waals surface area contributed by atoms with Crippen molar-refractivity contribution in [3.8, 4) is 5.75 Å². The zero-order valence-corrected chi connectivity index (χ0v) is 18.7. The average Bonchev–Trinajstić information content (AvgIpc) is 2.71. The zero-order chi connectivity index (χ0) is 23.6. The van der Waals surface area contributed by atoms with Gasteiger partial charge in [0.05, 0.1) is 31.8 Å². The summed E-state index contributed by atoms with van der Waals surface area (Å²) in [6.45, 7) is 6.65. The number of esters is 1. The number of hydrogen-bond donors (Lipinski definition) is 3. The summed E-state index contributed by atoms with van der Waals surface area (Å²) in [4.78, 5) is 23.2. The van der Waals surface area contributed by atoms with Crippen molar-refractivity contribution in [2.24, 2.45) is 0 Å². The number of rotatable bonds is 12. The summed E-state index contributed by atoms with van der Waals surface area (Å²) in [7, 11) is 0. The maximum atomic E-state index is 12.0. The van der Waals surface area contributed by atoms with Gasteiger partial charge in [-0.05, 0) is 50.6 Å². The highest BCUT2D eigenvalue weighted by Gasteiger charge is 2.16. The SMILES string of the molecule is CC(C)(C)OC(=O)Cc1cccc(OCCOCCNc2cccc(C(=O)O)c2CO)c1. The third kappa shape index (κ3) is 8.56. The van der Waals surface area contributed by atoms with Gasteiger partial charge in [-0.2, -0.15) is 0 Å². The molecular weight excluding hydrogens is 414 g/mol. The lowest BCUT2D eigenvalue weighted by Crippen LogP contribution is -2.24. The molecule has 0 amide bonds. The second-order valence-corrected chi connectivity index (χ2v) is 8.09. The summed E-state index contributed by atoms with van der Waals surface area (Å²) in [6, 6.07) is 12.1. The molecule has 0 aliphatic carbocycles. The third-order valence-electron chi connectivity index (χ3n) is 4.29. The number of aliphatic hydroxyl groups is 1. The monoisotopic (exact) mass is 445 g/mol. The Balaban J connectivity index is 1.70. The van der Waals surface area contributed by atoms with Gasteiger partial charge in [-0.15, -0.1) is 0 Å². The molecule has 2 aromatic rings. The van der Waals surface area contributed by atoms with Gasteiger partial charge in [-0.25, -0.2) is 4.79 Å². The van der Waals surface area contributed by atoms with Gasteiger partial charge in [-0.1, -0.05) is 18.2 Å². The summed E-state index contributed by atoms with van der Waals surface area (Å²) < 4.78 is 16.5. The highest BCUT2D eigenvalue weighted by atomic mass is 16.6. The van der Waals surface area contributed by atoms with Crippen LogP contribution in [0.2, 0.25) is 0 Å². The largest absolute Gasteiger partial charge is 0.491 e. The zero-order valence-electron chi connectivity index (χ0n) is 18.7. The second-order valence-electron chi connectivity index (χ2n) is 8.09. The molecule has 0 spiro atoms. The van der Waals surface area contributed by atoms with Crippen molar-refractivity contribution in [3.63, 3.8) is 0 Å². The normalized spacial score (nSPS) is 11.1. The number of aliphatic hydroxyl groups excluding tert-OH is 1. The average molecular weight is 446 g/mol. The molecule has 0 heterocycles. The van der Waals surface area contributed by atoms with E-state index in [0.29, 0.717) is 43.4 Å². The molecule has 3 N–H and O–H groups in total. The van der Waals surface area contributed by atoms with E-state index < -0.39 is 11.6 Å². The van der Waals surface area contributed by atoms with Crippen molar-refractivity contribution < 1.29 is 34.0 Å². The Kier molecular flexibility index (Phi) is 9.49. The molecule has 2 rings (SSSR count). The van der Waals surface area contributed by atoms with Crippen LogP contribution in [0.1, 0.15) is 42.3 Å². The number of ether oxygens (including phenoxy) is 3. The van der Waals surface area contributed by atoms with Crippen molar-refractivity contribution >= 4 is 17.6 Å². The predicted octanol–water partition coefficient (Wildman–Crippen LogP) is 3.27. The molecule has 0 fully saturated rings. The molecule has 0 aliphatic heterocycles. The van der Waals surface area contributed by atoms with Gasteiger partial charge in [0.25, 0.3) is 0 Å². The van der Waals surface area contributed by atoms with Crippen LogP contribution >= 0.6 is 0 Å². The summed E-state index contributed by atoms with van der Waals surface area (Å²) in [5.41, 5.74) is 1.27. The summed E-state index contributed by atoms with van der Waals surface area (Å²) in [5.74, 6) is -0.726. The molecule has 0 unspecified atom stereocenters. The summed E-state index contributed by atoms with van der Waals surface area (Å²) in [5, 5.41) is 21.7. The van der Waals surface area contributed by atoms with Crippen LogP contribution in [0.15, 0.2) is 42.5 Å². The van der Waals surface area contributed by atoms with Crippen LogP contribution in [-0.4, -0.2) is 54.1 Å². The Morgan fingerprint density at radius 2 is 1.78 bits per heavy atom. The number of carboxylic acids is 1. The summed E-state index contributed by atoms with van der Waals surface area (Å²) in [6.07, 6.45) is 0.176. The van der Waals surface area contributed by atoms with E-state index in [1.165, 1.54) is 6.07 Å². The van der Waals surface area contributed by atoms with Crippen LogP contribution in [-0.2, 0) is 27.3 Å². The second kappa shape index (κ2) is 12.1. The van der Waals surface area contributed by atoms with Gasteiger partial charge in [0, 0.05) is 17.8 Å². The van der Waals surface area contributed by atoms with Crippen molar-refractivity contribution in [2.75, 3.05) is 31.7 Å². The minimum absolute atomic E-state index is 0.0701. The number of benzene rings is 2. The first kappa shape index (κ1) is 25.2. The standard InChI is InChI=1S/C24H31NO7/c1-24(2,3)32-22(27)15-17-6-4-7-18(14-17)31-13-12-30-11-10-25-21-9-5-8-19(23(28)29)20(21)16-26/h4-9,14,25-26H,10-13,15-16H2,1-3H3,(H,28,29). The first-order valence-corrected chi connectivity index (χ1v) is 10.4. The molecule has 0 radical (unpaired) electrons. The number of hydrogen-bond acceptors (Lipinski definition) is 7. The van der Waals surface area contributed by atoms with Crippen LogP contribution < -0.4 is 10.1 Å². The molecule has 0 bridgehead atoms. The van der Waals surface area contributed by atoms with E-state index in [1.807, 2.05) is 39.0 Å². The quantitative estimate of drug-likeness (QED) is 0.337. The molecule has 174 valence electrons. The van der Waals surface area contributed by atoms with Crippen LogP contribution in [0.5, 0.6) is 5.75 Å². The van der Waals surface area contributed by atoms with Gasteiger partial charge >= 0.3 is 11.9 Å². The first-order chi connectivity index (χ1) is 15.2. The number of carbonyl (C=O) groups is 2. The Bertz CT molecular complexity index is 905. The topological polar surface area (TPSA) is 114 Å². The van der Waals surface area contributed by atoms with E-state index in [4.69, 9.17) is 14.2 Å². The molecule has 2 aromatic carbocycles. The number of carbonyl (C=O) groups excluding carboxylic acids is 1.